The van der Waals surface area contributed by atoms with Crippen molar-refractivity contribution in [3.05, 3.63) is 187 Å². The highest BCUT2D eigenvalue weighted by atomic mass is 15.1. The standard InChI is InChI=1S/C50H29N5/c51-30-32-26-27-40-38-16-1-5-20-43(38)53(49(40)28-32)34-13-9-12-33(29-34)35-18-10-24-47(42(35)31-52)55-46-23-8-4-17-39(46)41-19-11-25-48(50(41)55)54-44-21-6-2-14-36(44)37-15-3-7-22-45(37)54/h1-29H. The fraction of sp³-hybridized carbons (Fsp3) is 0. The quantitative estimate of drug-likeness (QED) is 0.184. The van der Waals surface area contributed by atoms with Crippen LogP contribution in [0.1, 0.15) is 11.1 Å². The molecule has 11 rings (SSSR count). The summed E-state index contributed by atoms with van der Waals surface area (Å²) in [5, 5.41) is 27.8. The minimum atomic E-state index is 0.591. The monoisotopic (exact) mass is 699 g/mol. The van der Waals surface area contributed by atoms with Crippen molar-refractivity contribution >= 4 is 65.4 Å². The number of nitriles is 2. The Bertz CT molecular complexity index is 3420. The third-order valence-corrected chi connectivity index (χ3v) is 11.1. The van der Waals surface area contributed by atoms with Crippen LogP contribution in [0.3, 0.4) is 0 Å². The molecule has 254 valence electrons. The molecule has 0 aliphatic carbocycles. The number of aromatic nitrogens is 3. The van der Waals surface area contributed by atoms with E-state index in [4.69, 9.17) is 0 Å². The van der Waals surface area contributed by atoms with Crippen molar-refractivity contribution < 1.29 is 0 Å². The van der Waals surface area contributed by atoms with Crippen molar-refractivity contribution in [1.29, 1.82) is 10.5 Å². The molecule has 55 heavy (non-hydrogen) atoms. The second-order valence-corrected chi connectivity index (χ2v) is 14.0. The average Bonchev–Trinajstić information content (AvgIpc) is 3.89. The maximum absolute atomic E-state index is 11.1. The molecule has 0 saturated heterocycles. The van der Waals surface area contributed by atoms with E-state index in [1.165, 1.54) is 10.8 Å². The minimum absolute atomic E-state index is 0.591. The molecule has 0 N–H and O–H groups in total. The number of benzene rings is 8. The Labute approximate surface area is 316 Å². The maximum atomic E-state index is 11.1. The molecule has 3 heterocycles. The highest BCUT2D eigenvalue weighted by Crippen LogP contribution is 2.41. The Morgan fingerprint density at radius 2 is 0.891 bits per heavy atom. The lowest BCUT2D eigenvalue weighted by Crippen LogP contribution is -2.03. The summed E-state index contributed by atoms with van der Waals surface area (Å²) in [6.07, 6.45) is 0. The number of hydrogen-bond acceptors (Lipinski definition) is 2. The molecular formula is C50H29N5. The number of hydrogen-bond donors (Lipinski definition) is 0. The summed E-state index contributed by atoms with van der Waals surface area (Å²) in [6.45, 7) is 0. The van der Waals surface area contributed by atoms with E-state index in [9.17, 15) is 10.5 Å². The Morgan fingerprint density at radius 1 is 0.364 bits per heavy atom. The van der Waals surface area contributed by atoms with Gasteiger partial charge >= 0.3 is 0 Å². The van der Waals surface area contributed by atoms with Crippen molar-refractivity contribution in [1.82, 2.24) is 13.7 Å². The zero-order valence-electron chi connectivity index (χ0n) is 29.5. The van der Waals surface area contributed by atoms with Crippen molar-refractivity contribution in [2.45, 2.75) is 0 Å². The first-order valence-electron chi connectivity index (χ1n) is 18.3. The van der Waals surface area contributed by atoms with Gasteiger partial charge in [-0.05, 0) is 66.2 Å². The van der Waals surface area contributed by atoms with Gasteiger partial charge in [0.1, 0.15) is 6.07 Å². The van der Waals surface area contributed by atoms with Gasteiger partial charge in [-0.25, -0.2) is 0 Å². The van der Waals surface area contributed by atoms with E-state index in [0.29, 0.717) is 11.1 Å². The van der Waals surface area contributed by atoms with Crippen LogP contribution in [0, 0.1) is 22.7 Å². The zero-order valence-corrected chi connectivity index (χ0v) is 29.5. The summed E-state index contributed by atoms with van der Waals surface area (Å²) < 4.78 is 6.87. The summed E-state index contributed by atoms with van der Waals surface area (Å²) in [6, 6.07) is 65.9. The lowest BCUT2D eigenvalue weighted by atomic mass is 9.98. The van der Waals surface area contributed by atoms with E-state index >= 15 is 0 Å². The van der Waals surface area contributed by atoms with E-state index in [2.05, 4.69) is 159 Å². The Morgan fingerprint density at radius 3 is 1.55 bits per heavy atom. The van der Waals surface area contributed by atoms with Gasteiger partial charge in [-0.15, -0.1) is 0 Å². The van der Waals surface area contributed by atoms with E-state index < -0.39 is 0 Å². The maximum Gasteiger partial charge on any atom is 0.102 e. The molecule has 0 atom stereocenters. The molecule has 0 aliphatic rings. The van der Waals surface area contributed by atoms with Crippen molar-refractivity contribution in [2.75, 3.05) is 0 Å². The van der Waals surface area contributed by atoms with Gasteiger partial charge in [-0.1, -0.05) is 115 Å². The smallest absolute Gasteiger partial charge is 0.102 e. The predicted molar refractivity (Wildman–Crippen MR) is 224 cm³/mol. The number of fused-ring (bicyclic) bond motifs is 9. The first-order valence-corrected chi connectivity index (χ1v) is 18.3. The molecule has 0 radical (unpaired) electrons. The largest absolute Gasteiger partial charge is 0.309 e. The molecule has 8 aromatic carbocycles. The third-order valence-electron chi connectivity index (χ3n) is 11.1. The van der Waals surface area contributed by atoms with Gasteiger partial charge in [0, 0.05) is 43.6 Å². The SMILES string of the molecule is N#Cc1ccc2c3ccccc3n(-c3cccc(-c4cccc(-n5c6ccccc6c6cccc(-n7c8ccccc8c8ccccc87)c65)c4C#N)c3)c2c1. The minimum Gasteiger partial charge on any atom is -0.309 e. The van der Waals surface area contributed by atoms with Crippen molar-refractivity contribution in [3.63, 3.8) is 0 Å². The highest BCUT2D eigenvalue weighted by molar-refractivity contribution is 6.15. The molecule has 5 heteroatoms. The molecule has 0 fully saturated rings. The van der Waals surface area contributed by atoms with Crippen LogP contribution in [0.5, 0.6) is 0 Å². The summed E-state index contributed by atoms with van der Waals surface area (Å²) >= 11 is 0. The van der Waals surface area contributed by atoms with Crippen molar-refractivity contribution in [2.24, 2.45) is 0 Å². The number of rotatable bonds is 4. The molecule has 11 aromatic rings. The lowest BCUT2D eigenvalue weighted by molar-refractivity contribution is 1.12. The molecule has 5 nitrogen and oxygen atoms in total. The van der Waals surface area contributed by atoms with E-state index in [0.717, 1.165) is 82.8 Å². The Kier molecular flexibility index (Phi) is 6.61. The fourth-order valence-electron chi connectivity index (χ4n) is 8.83. The highest BCUT2D eigenvalue weighted by Gasteiger charge is 2.22. The molecule has 0 unspecified atom stereocenters. The van der Waals surface area contributed by atoms with Crippen LogP contribution in [-0.4, -0.2) is 13.7 Å². The topological polar surface area (TPSA) is 62.4 Å². The van der Waals surface area contributed by atoms with Crippen LogP contribution in [0.15, 0.2) is 176 Å². The van der Waals surface area contributed by atoms with Crippen LogP contribution < -0.4 is 0 Å². The van der Waals surface area contributed by atoms with Gasteiger partial charge < -0.3 is 13.7 Å². The molecule has 0 bridgehead atoms. The Hall–Kier alpha value is -7.86. The second-order valence-electron chi connectivity index (χ2n) is 14.0. The first kappa shape index (κ1) is 30.7. The molecule has 3 aromatic heterocycles. The van der Waals surface area contributed by atoms with E-state index in [1.807, 2.05) is 42.5 Å². The fourth-order valence-corrected chi connectivity index (χ4v) is 8.83. The van der Waals surface area contributed by atoms with Gasteiger partial charge in [-0.3, -0.25) is 0 Å². The van der Waals surface area contributed by atoms with Crippen LogP contribution in [0.25, 0.3) is 93.6 Å². The van der Waals surface area contributed by atoms with Gasteiger partial charge in [0.05, 0.1) is 61.7 Å². The summed E-state index contributed by atoms with van der Waals surface area (Å²) in [7, 11) is 0. The van der Waals surface area contributed by atoms with Crippen LogP contribution in [0.2, 0.25) is 0 Å². The molecule has 0 saturated carbocycles. The van der Waals surface area contributed by atoms with E-state index in [-0.39, 0.29) is 0 Å². The summed E-state index contributed by atoms with van der Waals surface area (Å²) in [5.74, 6) is 0. The van der Waals surface area contributed by atoms with E-state index in [1.54, 1.807) is 0 Å². The summed E-state index contributed by atoms with van der Waals surface area (Å²) in [5.41, 5.74) is 12.2. The average molecular weight is 700 g/mol. The van der Waals surface area contributed by atoms with Gasteiger partial charge in [0.15, 0.2) is 0 Å². The predicted octanol–water partition coefficient (Wildman–Crippen LogP) is 12.4. The molecule has 0 spiro atoms. The van der Waals surface area contributed by atoms with Crippen molar-refractivity contribution in [3.8, 4) is 40.3 Å². The van der Waals surface area contributed by atoms with Gasteiger partial charge in [0.25, 0.3) is 0 Å². The third kappa shape index (κ3) is 4.39. The zero-order chi connectivity index (χ0) is 36.6. The number of para-hydroxylation sites is 5. The first-order chi connectivity index (χ1) is 27.2. The molecule has 0 aliphatic heterocycles. The summed E-state index contributed by atoms with van der Waals surface area (Å²) in [4.78, 5) is 0. The van der Waals surface area contributed by atoms with Gasteiger partial charge in [-0.2, -0.15) is 10.5 Å². The molecular weight excluding hydrogens is 671 g/mol. The van der Waals surface area contributed by atoms with Crippen LogP contribution in [0.4, 0.5) is 0 Å². The van der Waals surface area contributed by atoms with Crippen LogP contribution >= 0.6 is 0 Å². The van der Waals surface area contributed by atoms with Gasteiger partial charge in [0.2, 0.25) is 0 Å². The molecule has 0 amide bonds. The second kappa shape index (κ2) is 11.8. The lowest BCUT2D eigenvalue weighted by Gasteiger charge is -2.17. The Balaban J connectivity index is 1.18. The normalized spacial score (nSPS) is 11.6. The number of nitrogens with zero attached hydrogens (tertiary/aromatic N) is 5. The van der Waals surface area contributed by atoms with Crippen LogP contribution in [-0.2, 0) is 0 Å².